The molecule has 1 amide bonds. The molecule has 0 aliphatic heterocycles. The van der Waals surface area contributed by atoms with Crippen LogP contribution in [0.25, 0.3) is 11.2 Å². The van der Waals surface area contributed by atoms with Crippen molar-refractivity contribution in [2.45, 2.75) is 62.0 Å². The van der Waals surface area contributed by atoms with Gasteiger partial charge in [-0.15, -0.1) is 0 Å². The van der Waals surface area contributed by atoms with Gasteiger partial charge < -0.3 is 16.4 Å². The first-order valence-corrected chi connectivity index (χ1v) is 15.2. The monoisotopic (exact) mass is 619 g/mol. The van der Waals surface area contributed by atoms with E-state index in [0.717, 1.165) is 12.1 Å². The number of nitrogens with one attached hydrogen (secondary N) is 2. The Balaban J connectivity index is 1.49. The number of carbonyl (C=O) groups excluding carboxylic acids is 1. The molecule has 2 aliphatic rings. The number of rotatable bonds is 7. The van der Waals surface area contributed by atoms with Gasteiger partial charge in [-0.2, -0.15) is 18.2 Å². The first-order chi connectivity index (χ1) is 18.7. The van der Waals surface area contributed by atoms with Crippen LogP contribution in [0.4, 0.5) is 30.8 Å². The molecule has 5 rings (SSSR count). The number of hydrogen-bond acceptors (Lipinski definition) is 8. The molecule has 0 saturated heterocycles. The molecular weight excluding hydrogens is 594 g/mol. The van der Waals surface area contributed by atoms with Crippen LogP contribution in [0.3, 0.4) is 0 Å². The van der Waals surface area contributed by atoms with Gasteiger partial charge in [-0.05, 0) is 50.7 Å². The van der Waals surface area contributed by atoms with Gasteiger partial charge in [0.15, 0.2) is 5.65 Å². The summed E-state index contributed by atoms with van der Waals surface area (Å²) >= 11 is 12.4. The van der Waals surface area contributed by atoms with Crippen molar-refractivity contribution in [1.29, 1.82) is 0 Å². The molecule has 2 fully saturated rings. The summed E-state index contributed by atoms with van der Waals surface area (Å²) in [7, 11) is -3.12. The highest BCUT2D eigenvalue weighted by Gasteiger charge is 2.37. The van der Waals surface area contributed by atoms with Gasteiger partial charge in [-0.1, -0.05) is 23.2 Å². The largest absolute Gasteiger partial charge is 0.416 e. The van der Waals surface area contributed by atoms with Crippen LogP contribution in [0.15, 0.2) is 18.3 Å². The number of primary amides is 1. The summed E-state index contributed by atoms with van der Waals surface area (Å²) in [5.74, 6) is -0.0892. The fourth-order valence-electron chi connectivity index (χ4n) is 5.20. The van der Waals surface area contributed by atoms with E-state index in [9.17, 15) is 26.4 Å². The fraction of sp³-hybridized carbons (Fsp3) is 0.500. The number of fused-ring (bicyclic) bond motifs is 1. The number of aromatic nitrogens is 4. The Labute approximate surface area is 237 Å². The highest BCUT2D eigenvalue weighted by molar-refractivity contribution is 7.91. The number of imidazole rings is 1. The van der Waals surface area contributed by atoms with E-state index in [-0.39, 0.29) is 51.5 Å². The minimum absolute atomic E-state index is 0.0475. The van der Waals surface area contributed by atoms with Crippen LogP contribution in [0.5, 0.6) is 0 Å². The zero-order chi connectivity index (χ0) is 29.0. The Morgan fingerprint density at radius 2 is 1.73 bits per heavy atom. The van der Waals surface area contributed by atoms with Gasteiger partial charge in [0.1, 0.15) is 15.4 Å². The Morgan fingerprint density at radius 1 is 1.10 bits per heavy atom. The molecule has 10 nitrogen and oxygen atoms in total. The lowest BCUT2D eigenvalue weighted by Gasteiger charge is -2.34. The molecule has 0 radical (unpaired) electrons. The third-order valence-corrected chi connectivity index (χ3v) is 9.73. The predicted molar refractivity (Wildman–Crippen MR) is 146 cm³/mol. The maximum atomic E-state index is 13.2. The van der Waals surface area contributed by atoms with Crippen molar-refractivity contribution < 1.29 is 26.4 Å². The second kappa shape index (κ2) is 10.5. The van der Waals surface area contributed by atoms with Crippen molar-refractivity contribution >= 4 is 67.7 Å². The molecule has 2 aliphatic carbocycles. The van der Waals surface area contributed by atoms with Crippen molar-refractivity contribution in [3.05, 3.63) is 33.9 Å². The van der Waals surface area contributed by atoms with E-state index in [4.69, 9.17) is 28.9 Å². The summed E-state index contributed by atoms with van der Waals surface area (Å²) in [4.78, 5) is 25.3. The molecule has 3 aromatic rings. The number of sulfone groups is 1. The molecule has 2 heterocycles. The van der Waals surface area contributed by atoms with Crippen LogP contribution in [-0.4, -0.2) is 51.4 Å². The predicted octanol–water partition coefficient (Wildman–Crippen LogP) is 5.10. The second-order valence-corrected chi connectivity index (χ2v) is 13.5. The van der Waals surface area contributed by atoms with E-state index in [1.807, 2.05) is 4.57 Å². The third kappa shape index (κ3) is 5.79. The number of nitrogens with zero attached hydrogens (tertiary/aromatic N) is 4. The molecule has 216 valence electrons. The van der Waals surface area contributed by atoms with Gasteiger partial charge in [-0.25, -0.2) is 18.4 Å². The van der Waals surface area contributed by atoms with Gasteiger partial charge >= 0.3 is 6.18 Å². The van der Waals surface area contributed by atoms with Crippen LogP contribution in [0.1, 0.15) is 50.1 Å². The molecule has 0 atom stereocenters. The number of amides is 1. The molecule has 0 unspecified atom stereocenters. The highest BCUT2D eigenvalue weighted by atomic mass is 35.5. The molecule has 0 bridgehead atoms. The molecule has 1 aromatic carbocycles. The zero-order valence-electron chi connectivity index (χ0n) is 21.2. The number of alkyl halides is 3. The number of halogens is 5. The van der Waals surface area contributed by atoms with E-state index in [0.29, 0.717) is 49.7 Å². The van der Waals surface area contributed by atoms with E-state index in [2.05, 4.69) is 25.6 Å². The second-order valence-electron chi connectivity index (χ2n) is 10.3. The van der Waals surface area contributed by atoms with Crippen LogP contribution >= 0.6 is 23.2 Å². The van der Waals surface area contributed by atoms with Crippen LogP contribution in [0.2, 0.25) is 10.0 Å². The molecule has 40 heavy (non-hydrogen) atoms. The Hall–Kier alpha value is -2.84. The quantitative estimate of drug-likeness (QED) is 0.331. The van der Waals surface area contributed by atoms with Gasteiger partial charge in [0, 0.05) is 24.3 Å². The Kier molecular flexibility index (Phi) is 7.55. The summed E-state index contributed by atoms with van der Waals surface area (Å²) < 4.78 is 65.0. The lowest BCUT2D eigenvalue weighted by molar-refractivity contribution is -0.137. The first-order valence-electron chi connectivity index (χ1n) is 12.5. The minimum Gasteiger partial charge on any atom is -0.369 e. The maximum Gasteiger partial charge on any atom is 0.416 e. The van der Waals surface area contributed by atoms with E-state index in [1.165, 1.54) is 12.5 Å². The smallest absolute Gasteiger partial charge is 0.369 e. The minimum atomic E-state index is -4.63. The maximum absolute atomic E-state index is 13.2. The van der Waals surface area contributed by atoms with Crippen molar-refractivity contribution in [3.63, 3.8) is 0 Å². The number of nitrogens with two attached hydrogens (primary N) is 1. The lowest BCUT2D eigenvalue weighted by Crippen LogP contribution is -2.43. The summed E-state index contributed by atoms with van der Waals surface area (Å²) in [5, 5.41) is 5.26. The molecule has 2 aromatic heterocycles. The average Bonchev–Trinajstić information content (AvgIpc) is 3.19. The molecule has 2 saturated carbocycles. The van der Waals surface area contributed by atoms with Crippen molar-refractivity contribution in [2.24, 2.45) is 11.7 Å². The van der Waals surface area contributed by atoms with Crippen LogP contribution in [0, 0.1) is 5.92 Å². The summed E-state index contributed by atoms with van der Waals surface area (Å²) in [5.41, 5.74) is 5.42. The normalized spacial score (nSPS) is 23.6. The Morgan fingerprint density at radius 3 is 2.27 bits per heavy atom. The summed E-state index contributed by atoms with van der Waals surface area (Å²) in [6.07, 6.45) is 1.22. The Bertz CT molecular complexity index is 1540. The van der Waals surface area contributed by atoms with Gasteiger partial charge in [0.2, 0.25) is 17.8 Å². The number of hydrogen-bond donors (Lipinski definition) is 3. The number of carbonyl (C=O) groups is 1. The van der Waals surface area contributed by atoms with Crippen LogP contribution < -0.4 is 16.4 Å². The average molecular weight is 620 g/mol. The molecule has 0 spiro atoms. The zero-order valence-corrected chi connectivity index (χ0v) is 23.5. The summed E-state index contributed by atoms with van der Waals surface area (Å²) in [6, 6.07) is 1.29. The van der Waals surface area contributed by atoms with Gasteiger partial charge in [0.25, 0.3) is 0 Å². The van der Waals surface area contributed by atoms with Crippen molar-refractivity contribution in [1.82, 2.24) is 19.5 Å². The van der Waals surface area contributed by atoms with E-state index < -0.39 is 26.8 Å². The van der Waals surface area contributed by atoms with E-state index >= 15 is 0 Å². The lowest BCUT2D eigenvalue weighted by atomic mass is 9.85. The molecular formula is C24H26Cl2F3N7O3S. The summed E-state index contributed by atoms with van der Waals surface area (Å²) in [6.45, 7) is 0. The van der Waals surface area contributed by atoms with E-state index in [1.54, 1.807) is 0 Å². The van der Waals surface area contributed by atoms with Crippen LogP contribution in [-0.2, 0) is 20.8 Å². The SMILES string of the molecule is CS(=O)(=O)C1CC(Nc2ncc3nc(Nc4c(Cl)cc(C(F)(F)F)cc4Cl)n([C@H]4CC[C@@H](C(N)=O)CC4)c3n2)C1. The van der Waals surface area contributed by atoms with Crippen molar-refractivity contribution in [3.8, 4) is 0 Å². The highest BCUT2D eigenvalue weighted by Crippen LogP contribution is 2.42. The fourth-order valence-corrected chi connectivity index (χ4v) is 6.94. The number of benzene rings is 1. The first kappa shape index (κ1) is 28.7. The number of anilines is 3. The molecule has 4 N–H and O–H groups in total. The van der Waals surface area contributed by atoms with Gasteiger partial charge in [-0.3, -0.25) is 9.36 Å². The molecule has 16 heteroatoms. The van der Waals surface area contributed by atoms with Gasteiger partial charge in [0.05, 0.1) is 32.7 Å². The van der Waals surface area contributed by atoms with Crippen molar-refractivity contribution in [2.75, 3.05) is 16.9 Å². The topological polar surface area (TPSA) is 145 Å². The standard InChI is InChI=1S/C24H26Cl2F3N7O3S/c1-40(38,39)15-8-13(9-15)32-22-31-10-18-21(35-22)36(14-4-2-11(3-5-14)20(30)37)23(33-18)34-19-16(25)6-12(7-17(19)26)24(27,28)29/h6-7,10-11,13-15H,2-5,8-9H2,1H3,(H2,30,37)(H,33,34)(H,31,32,35)/t11-,13?,14+,15?. The third-order valence-electron chi connectivity index (χ3n) is 7.54.